The molecule has 0 amide bonds. The number of halogens is 1. The van der Waals surface area contributed by atoms with Gasteiger partial charge in [0.15, 0.2) is 0 Å². The molecule has 0 radical (unpaired) electrons. The summed E-state index contributed by atoms with van der Waals surface area (Å²) in [4.78, 5) is 0. The van der Waals surface area contributed by atoms with Gasteiger partial charge in [-0.3, -0.25) is 0 Å². The number of rotatable bonds is 4. The number of ether oxygens (including phenoxy) is 1. The van der Waals surface area contributed by atoms with E-state index in [9.17, 15) is 5.11 Å². The van der Waals surface area contributed by atoms with E-state index in [2.05, 4.69) is 37.3 Å². The smallest absolute Gasteiger partial charge is 0.0853 e. The van der Waals surface area contributed by atoms with E-state index in [4.69, 9.17) is 16.3 Å². The zero-order chi connectivity index (χ0) is 17.1. The van der Waals surface area contributed by atoms with Crippen molar-refractivity contribution in [3.8, 4) is 0 Å². The van der Waals surface area contributed by atoms with Crippen molar-refractivity contribution >= 4 is 11.6 Å². The molecule has 0 saturated carbocycles. The fourth-order valence-corrected chi connectivity index (χ4v) is 3.56. The number of benzene rings is 2. The minimum atomic E-state index is -0.292. The summed E-state index contributed by atoms with van der Waals surface area (Å²) < 4.78 is 6.02. The Morgan fingerprint density at radius 3 is 2.46 bits per heavy atom. The Kier molecular flexibility index (Phi) is 5.60. The predicted octanol–water partition coefficient (Wildman–Crippen LogP) is 5.09. The first-order valence-electron chi connectivity index (χ1n) is 8.74. The van der Waals surface area contributed by atoms with Gasteiger partial charge >= 0.3 is 0 Å². The molecule has 3 unspecified atom stereocenters. The maximum Gasteiger partial charge on any atom is 0.0853 e. The Morgan fingerprint density at radius 1 is 1.08 bits per heavy atom. The van der Waals surface area contributed by atoms with Gasteiger partial charge in [0, 0.05) is 11.4 Å². The van der Waals surface area contributed by atoms with Crippen molar-refractivity contribution in [1.29, 1.82) is 0 Å². The predicted molar refractivity (Wildman–Crippen MR) is 98.6 cm³/mol. The standard InChI is InChI=1S/C21H25ClO2/c1-3-15-4-6-16(7-5-15)11-18-12-17(8-9-20(18)22)21-13-19(23)10-14(2)24-21/h4-9,12,14,19,21,23H,3,10-11,13H2,1-2H3. The minimum Gasteiger partial charge on any atom is -0.393 e. The van der Waals surface area contributed by atoms with Crippen molar-refractivity contribution in [3.05, 3.63) is 69.7 Å². The lowest BCUT2D eigenvalue weighted by Crippen LogP contribution is -2.29. The Labute approximate surface area is 149 Å². The van der Waals surface area contributed by atoms with E-state index >= 15 is 0 Å². The van der Waals surface area contributed by atoms with Crippen LogP contribution in [0.3, 0.4) is 0 Å². The van der Waals surface area contributed by atoms with Gasteiger partial charge in [-0.15, -0.1) is 0 Å². The highest BCUT2D eigenvalue weighted by atomic mass is 35.5. The Bertz CT molecular complexity index is 671. The van der Waals surface area contributed by atoms with Gasteiger partial charge in [0.25, 0.3) is 0 Å². The topological polar surface area (TPSA) is 29.5 Å². The second-order valence-electron chi connectivity index (χ2n) is 6.76. The number of aliphatic hydroxyl groups is 1. The van der Waals surface area contributed by atoms with Crippen LogP contribution in [0.15, 0.2) is 42.5 Å². The molecule has 0 bridgehead atoms. The molecule has 2 aromatic rings. The lowest BCUT2D eigenvalue weighted by Gasteiger charge is -2.31. The van der Waals surface area contributed by atoms with Crippen LogP contribution in [0.5, 0.6) is 0 Å². The number of aliphatic hydroxyl groups excluding tert-OH is 1. The molecular formula is C21H25ClO2. The van der Waals surface area contributed by atoms with Gasteiger partial charge in [0.05, 0.1) is 18.3 Å². The molecule has 1 aliphatic rings. The van der Waals surface area contributed by atoms with Gasteiger partial charge in [-0.05, 0) is 54.5 Å². The van der Waals surface area contributed by atoms with Crippen molar-refractivity contribution < 1.29 is 9.84 Å². The van der Waals surface area contributed by atoms with Crippen molar-refractivity contribution in [3.63, 3.8) is 0 Å². The molecule has 1 saturated heterocycles. The van der Waals surface area contributed by atoms with Crippen molar-refractivity contribution in [2.75, 3.05) is 0 Å². The van der Waals surface area contributed by atoms with Crippen molar-refractivity contribution in [2.24, 2.45) is 0 Å². The summed E-state index contributed by atoms with van der Waals surface area (Å²) in [5.41, 5.74) is 4.81. The highest BCUT2D eigenvalue weighted by Gasteiger charge is 2.27. The average Bonchev–Trinajstić information content (AvgIpc) is 2.56. The first-order chi connectivity index (χ1) is 11.5. The normalized spacial score (nSPS) is 24.1. The summed E-state index contributed by atoms with van der Waals surface area (Å²) in [7, 11) is 0. The third-order valence-electron chi connectivity index (χ3n) is 4.75. The van der Waals surface area contributed by atoms with Crippen LogP contribution in [0.4, 0.5) is 0 Å². The summed E-state index contributed by atoms with van der Waals surface area (Å²) in [5, 5.41) is 10.8. The van der Waals surface area contributed by atoms with E-state index in [0.29, 0.717) is 12.8 Å². The second-order valence-corrected chi connectivity index (χ2v) is 7.17. The second kappa shape index (κ2) is 7.69. The molecule has 3 rings (SSSR count). The van der Waals surface area contributed by atoms with Gasteiger partial charge in [-0.2, -0.15) is 0 Å². The summed E-state index contributed by atoms with van der Waals surface area (Å²) >= 11 is 6.41. The molecule has 0 aliphatic carbocycles. The molecular weight excluding hydrogens is 320 g/mol. The zero-order valence-corrected chi connectivity index (χ0v) is 15.1. The van der Waals surface area contributed by atoms with E-state index in [0.717, 1.165) is 29.0 Å². The van der Waals surface area contributed by atoms with Crippen LogP contribution in [-0.4, -0.2) is 17.3 Å². The lowest BCUT2D eigenvalue weighted by molar-refractivity contribution is -0.0895. The highest BCUT2D eigenvalue weighted by Crippen LogP contribution is 2.33. The van der Waals surface area contributed by atoms with Gasteiger partial charge in [0.2, 0.25) is 0 Å². The van der Waals surface area contributed by atoms with Crippen LogP contribution in [-0.2, 0) is 17.6 Å². The Hall–Kier alpha value is -1.35. The van der Waals surface area contributed by atoms with Gasteiger partial charge in [-0.25, -0.2) is 0 Å². The van der Waals surface area contributed by atoms with Crippen LogP contribution < -0.4 is 0 Å². The van der Waals surface area contributed by atoms with E-state index in [1.54, 1.807) is 0 Å². The third-order valence-corrected chi connectivity index (χ3v) is 5.12. The molecule has 24 heavy (non-hydrogen) atoms. The van der Waals surface area contributed by atoms with Crippen LogP contribution in [0.25, 0.3) is 0 Å². The fourth-order valence-electron chi connectivity index (χ4n) is 3.38. The minimum absolute atomic E-state index is 0.0535. The van der Waals surface area contributed by atoms with Crippen molar-refractivity contribution in [1.82, 2.24) is 0 Å². The molecule has 3 heteroatoms. The number of hydrogen-bond donors (Lipinski definition) is 1. The van der Waals surface area contributed by atoms with E-state index in [1.165, 1.54) is 11.1 Å². The summed E-state index contributed by atoms with van der Waals surface area (Å²) in [5.74, 6) is 0. The van der Waals surface area contributed by atoms with Crippen LogP contribution in [0.1, 0.15) is 55.0 Å². The van der Waals surface area contributed by atoms with Gasteiger partial charge in [0.1, 0.15) is 0 Å². The SMILES string of the molecule is CCc1ccc(Cc2cc(C3CC(O)CC(C)O3)ccc2Cl)cc1. The molecule has 128 valence electrons. The Balaban J connectivity index is 1.80. The largest absolute Gasteiger partial charge is 0.393 e. The molecule has 1 N–H and O–H groups in total. The van der Waals surface area contributed by atoms with Crippen molar-refractivity contribution in [2.45, 2.75) is 57.8 Å². The molecule has 2 aromatic carbocycles. The first-order valence-corrected chi connectivity index (χ1v) is 9.12. The molecule has 3 atom stereocenters. The van der Waals surface area contributed by atoms with Crippen LogP contribution in [0.2, 0.25) is 5.02 Å². The molecule has 0 aromatic heterocycles. The fraction of sp³-hybridized carbons (Fsp3) is 0.429. The van der Waals surface area contributed by atoms with Crippen LogP contribution >= 0.6 is 11.6 Å². The quantitative estimate of drug-likeness (QED) is 0.836. The molecule has 1 heterocycles. The van der Waals surface area contributed by atoms with Gasteiger partial charge < -0.3 is 9.84 Å². The molecule has 2 nitrogen and oxygen atoms in total. The summed E-state index contributed by atoms with van der Waals surface area (Å²) in [6, 6.07) is 14.8. The molecule has 1 fully saturated rings. The molecule has 0 spiro atoms. The monoisotopic (exact) mass is 344 g/mol. The zero-order valence-electron chi connectivity index (χ0n) is 14.3. The summed E-state index contributed by atoms with van der Waals surface area (Å²) in [6.45, 7) is 4.18. The average molecular weight is 345 g/mol. The maximum absolute atomic E-state index is 10.0. The lowest BCUT2D eigenvalue weighted by atomic mass is 9.94. The van der Waals surface area contributed by atoms with Crippen LogP contribution in [0, 0.1) is 0 Å². The summed E-state index contributed by atoms with van der Waals surface area (Å²) in [6.07, 6.45) is 2.95. The van der Waals surface area contributed by atoms with E-state index in [1.807, 2.05) is 19.1 Å². The Morgan fingerprint density at radius 2 is 1.79 bits per heavy atom. The highest BCUT2D eigenvalue weighted by molar-refractivity contribution is 6.31. The van der Waals surface area contributed by atoms with E-state index < -0.39 is 0 Å². The first kappa shape index (κ1) is 17.5. The molecule has 1 aliphatic heterocycles. The van der Waals surface area contributed by atoms with E-state index in [-0.39, 0.29) is 18.3 Å². The third kappa shape index (κ3) is 4.18. The number of aryl methyl sites for hydroxylation is 1. The maximum atomic E-state index is 10.0. The van der Waals surface area contributed by atoms with Gasteiger partial charge in [-0.1, -0.05) is 54.9 Å². The number of hydrogen-bond acceptors (Lipinski definition) is 2.